The van der Waals surface area contributed by atoms with Gasteiger partial charge in [-0.25, -0.2) is 0 Å². The quantitative estimate of drug-likeness (QED) is 0.614. The van der Waals surface area contributed by atoms with E-state index in [9.17, 15) is 9.59 Å². The zero-order chi connectivity index (χ0) is 14.2. The van der Waals surface area contributed by atoms with E-state index in [1.54, 1.807) is 24.3 Å². The molecule has 2 atom stereocenters. The number of carbonyl (C=O) groups is 2. The Balaban J connectivity index is 2.38. The number of esters is 1. The first-order chi connectivity index (χ1) is 8.87. The van der Waals surface area contributed by atoms with Crippen molar-refractivity contribution < 1.29 is 14.3 Å². The Morgan fingerprint density at radius 2 is 1.79 bits per heavy atom. The topological polar surface area (TPSA) is 43.4 Å². The predicted octanol–water partition coefficient (Wildman–Crippen LogP) is 3.56. The van der Waals surface area contributed by atoms with Crippen LogP contribution in [-0.4, -0.2) is 11.8 Å². The molecule has 1 saturated heterocycles. The van der Waals surface area contributed by atoms with E-state index in [0.717, 1.165) is 5.56 Å². The molecule has 0 radical (unpaired) electrons. The molecule has 2 rings (SSSR count). The number of hydrogen-bond donors (Lipinski definition) is 0. The summed E-state index contributed by atoms with van der Waals surface area (Å²) in [6.45, 7) is 5.47. The second-order valence-electron chi connectivity index (χ2n) is 5.42. The van der Waals surface area contributed by atoms with Gasteiger partial charge in [0.2, 0.25) is 0 Å². The van der Waals surface area contributed by atoms with E-state index >= 15 is 0 Å². The van der Waals surface area contributed by atoms with Gasteiger partial charge in [-0.2, -0.15) is 0 Å². The van der Waals surface area contributed by atoms with Crippen LogP contribution in [0, 0.1) is 11.3 Å². The van der Waals surface area contributed by atoms with Crippen molar-refractivity contribution in [2.24, 2.45) is 11.3 Å². The van der Waals surface area contributed by atoms with Crippen LogP contribution in [0.5, 0.6) is 0 Å². The Labute approximate surface area is 117 Å². The zero-order valence-corrected chi connectivity index (χ0v) is 12.0. The van der Waals surface area contributed by atoms with Crippen molar-refractivity contribution in [3.05, 3.63) is 34.9 Å². The van der Waals surface area contributed by atoms with Gasteiger partial charge in [-0.3, -0.25) is 9.59 Å². The summed E-state index contributed by atoms with van der Waals surface area (Å²) in [5.41, 5.74) is 0.0771. The molecule has 1 heterocycles. The van der Waals surface area contributed by atoms with Crippen molar-refractivity contribution in [2.75, 3.05) is 0 Å². The van der Waals surface area contributed by atoms with Crippen LogP contribution in [0.4, 0.5) is 0 Å². The number of ether oxygens (including phenoxy) is 1. The molecule has 0 amide bonds. The number of hydrogen-bond acceptors (Lipinski definition) is 3. The average Bonchev–Trinajstić information content (AvgIpc) is 2.36. The molecule has 0 bridgehead atoms. The summed E-state index contributed by atoms with van der Waals surface area (Å²) in [6.07, 6.45) is -0.0680. The van der Waals surface area contributed by atoms with Crippen molar-refractivity contribution in [1.29, 1.82) is 0 Å². The molecular weight excluding hydrogens is 264 g/mol. The Morgan fingerprint density at radius 3 is 2.32 bits per heavy atom. The predicted molar refractivity (Wildman–Crippen MR) is 72.9 cm³/mol. The standard InChI is InChI=1S/C15H17ClO3/c1-4-11-12(17)15(2,3)13(19-14(11)18)9-5-7-10(16)8-6-9/h5-8,11,13H,4H2,1-3H3. The van der Waals surface area contributed by atoms with Crippen molar-refractivity contribution in [3.63, 3.8) is 0 Å². The summed E-state index contributed by atoms with van der Waals surface area (Å²) in [7, 11) is 0. The molecule has 4 heteroatoms. The highest BCUT2D eigenvalue weighted by Gasteiger charge is 2.50. The Bertz CT molecular complexity index is 505. The molecule has 19 heavy (non-hydrogen) atoms. The molecule has 0 N–H and O–H groups in total. The van der Waals surface area contributed by atoms with Crippen LogP contribution in [0.15, 0.2) is 24.3 Å². The Kier molecular flexibility index (Phi) is 3.68. The third-order valence-electron chi connectivity index (χ3n) is 3.71. The summed E-state index contributed by atoms with van der Waals surface area (Å²) in [5.74, 6) is -1.11. The Morgan fingerprint density at radius 1 is 1.21 bits per heavy atom. The van der Waals surface area contributed by atoms with Crippen molar-refractivity contribution in [2.45, 2.75) is 33.3 Å². The van der Waals surface area contributed by atoms with E-state index in [4.69, 9.17) is 16.3 Å². The summed E-state index contributed by atoms with van der Waals surface area (Å²) >= 11 is 5.85. The molecule has 2 unspecified atom stereocenters. The first kappa shape index (κ1) is 14.1. The van der Waals surface area contributed by atoms with E-state index in [1.807, 2.05) is 20.8 Å². The minimum Gasteiger partial charge on any atom is -0.456 e. The van der Waals surface area contributed by atoms with Crippen LogP contribution in [0.1, 0.15) is 38.9 Å². The molecule has 1 fully saturated rings. The van der Waals surface area contributed by atoms with Gasteiger partial charge in [-0.05, 0) is 38.0 Å². The van der Waals surface area contributed by atoms with Gasteiger partial charge >= 0.3 is 5.97 Å². The SMILES string of the molecule is CCC1C(=O)OC(c2ccc(Cl)cc2)C(C)(C)C1=O. The van der Waals surface area contributed by atoms with Crippen LogP contribution < -0.4 is 0 Å². The molecule has 1 aromatic carbocycles. The largest absolute Gasteiger partial charge is 0.456 e. The highest BCUT2D eigenvalue weighted by atomic mass is 35.5. The monoisotopic (exact) mass is 280 g/mol. The lowest BCUT2D eigenvalue weighted by atomic mass is 9.72. The summed E-state index contributed by atoms with van der Waals surface area (Å²) in [4.78, 5) is 24.3. The van der Waals surface area contributed by atoms with Gasteiger partial charge in [0, 0.05) is 5.02 Å². The van der Waals surface area contributed by atoms with Gasteiger partial charge in [-0.1, -0.05) is 30.7 Å². The van der Waals surface area contributed by atoms with E-state index in [1.165, 1.54) is 0 Å². The first-order valence-corrected chi connectivity index (χ1v) is 6.76. The summed E-state index contributed by atoms with van der Waals surface area (Å²) in [6, 6.07) is 7.05. The highest BCUT2D eigenvalue weighted by molar-refractivity contribution is 6.30. The number of Topliss-reactive ketones (excluding diaryl/α,β-unsaturated/α-hetero) is 1. The number of benzene rings is 1. The normalized spacial score (nSPS) is 26.1. The zero-order valence-electron chi connectivity index (χ0n) is 11.3. The molecule has 102 valence electrons. The number of rotatable bonds is 2. The molecular formula is C15H17ClO3. The van der Waals surface area contributed by atoms with Gasteiger partial charge in [0.1, 0.15) is 12.0 Å². The fraction of sp³-hybridized carbons (Fsp3) is 0.467. The minimum absolute atomic E-state index is 0.0498. The smallest absolute Gasteiger partial charge is 0.317 e. The maximum atomic E-state index is 12.4. The minimum atomic E-state index is -0.720. The number of carbonyl (C=O) groups excluding carboxylic acids is 2. The molecule has 0 aliphatic carbocycles. The second kappa shape index (κ2) is 4.97. The highest BCUT2D eigenvalue weighted by Crippen LogP contribution is 2.44. The maximum absolute atomic E-state index is 12.4. The van der Waals surface area contributed by atoms with Gasteiger partial charge < -0.3 is 4.74 Å². The lowest BCUT2D eigenvalue weighted by molar-refractivity contribution is -0.178. The van der Waals surface area contributed by atoms with Crippen molar-refractivity contribution in [1.82, 2.24) is 0 Å². The van der Waals surface area contributed by atoms with Crippen molar-refractivity contribution >= 4 is 23.4 Å². The average molecular weight is 281 g/mol. The molecule has 1 aliphatic heterocycles. The number of halogens is 1. The third-order valence-corrected chi connectivity index (χ3v) is 3.96. The van der Waals surface area contributed by atoms with Gasteiger partial charge in [0.05, 0.1) is 5.41 Å². The van der Waals surface area contributed by atoms with Crippen LogP contribution in [0.3, 0.4) is 0 Å². The summed E-state index contributed by atoms with van der Waals surface area (Å²) in [5, 5.41) is 0.612. The molecule has 0 saturated carbocycles. The number of ketones is 1. The van der Waals surface area contributed by atoms with Gasteiger partial charge in [-0.15, -0.1) is 0 Å². The summed E-state index contributed by atoms with van der Waals surface area (Å²) < 4.78 is 5.50. The fourth-order valence-electron chi connectivity index (χ4n) is 2.51. The molecule has 0 aromatic heterocycles. The molecule has 0 spiro atoms. The van der Waals surface area contributed by atoms with Gasteiger partial charge in [0.15, 0.2) is 5.78 Å². The molecule has 1 aliphatic rings. The fourth-order valence-corrected chi connectivity index (χ4v) is 2.63. The lowest BCUT2D eigenvalue weighted by Crippen LogP contribution is -2.47. The molecule has 1 aromatic rings. The third kappa shape index (κ3) is 2.39. The molecule has 3 nitrogen and oxygen atoms in total. The van der Waals surface area contributed by atoms with E-state index in [2.05, 4.69) is 0 Å². The van der Waals surface area contributed by atoms with E-state index in [-0.39, 0.29) is 5.78 Å². The Hall–Kier alpha value is -1.35. The van der Waals surface area contributed by atoms with Crippen LogP contribution in [0.2, 0.25) is 5.02 Å². The number of cyclic esters (lactones) is 1. The van der Waals surface area contributed by atoms with Crippen LogP contribution in [-0.2, 0) is 14.3 Å². The second-order valence-corrected chi connectivity index (χ2v) is 5.85. The van der Waals surface area contributed by atoms with Crippen LogP contribution in [0.25, 0.3) is 0 Å². The lowest BCUT2D eigenvalue weighted by Gasteiger charge is -2.39. The van der Waals surface area contributed by atoms with Crippen molar-refractivity contribution in [3.8, 4) is 0 Å². The van der Waals surface area contributed by atoms with E-state index in [0.29, 0.717) is 11.4 Å². The van der Waals surface area contributed by atoms with Crippen LogP contribution >= 0.6 is 11.6 Å². The van der Waals surface area contributed by atoms with E-state index < -0.39 is 23.4 Å². The van der Waals surface area contributed by atoms with Gasteiger partial charge in [0.25, 0.3) is 0 Å². The first-order valence-electron chi connectivity index (χ1n) is 6.38. The maximum Gasteiger partial charge on any atom is 0.317 e.